The number of aromatic nitrogens is 1. The molecular weight excluding hydrogens is 646 g/mol. The first-order valence-electron chi connectivity index (χ1n) is 13.5. The van der Waals surface area contributed by atoms with Gasteiger partial charge < -0.3 is 4.74 Å². The number of pyridine rings is 1. The normalized spacial score (nSPS) is 23.2. The number of ether oxygens (including phenoxy) is 1. The Balaban J connectivity index is 1.29. The number of piperidine rings is 1. The van der Waals surface area contributed by atoms with Crippen LogP contribution in [0.25, 0.3) is 11.3 Å². The van der Waals surface area contributed by atoms with Gasteiger partial charge in [-0.25, -0.2) is 0 Å². The third-order valence-electron chi connectivity index (χ3n) is 8.03. The number of rotatable bonds is 9. The van der Waals surface area contributed by atoms with Gasteiger partial charge in [0.25, 0.3) is 0 Å². The highest BCUT2D eigenvalue weighted by Gasteiger charge is 2.58. The van der Waals surface area contributed by atoms with Crippen LogP contribution in [0.3, 0.4) is 0 Å². The molecule has 1 aliphatic heterocycles. The Morgan fingerprint density at radius 3 is 2.45 bits per heavy atom. The van der Waals surface area contributed by atoms with E-state index in [2.05, 4.69) is 4.98 Å². The largest absolute Gasteiger partial charge is 0.492 e. The molecule has 1 aliphatic carbocycles. The maximum atomic E-state index is 13.3. The zero-order valence-electron chi connectivity index (χ0n) is 22.6. The molecule has 0 spiro atoms. The number of Topliss-reactive ketones (excluding diaryl/α,β-unsaturated/α-hetero) is 1. The molecule has 2 atom stereocenters. The van der Waals surface area contributed by atoms with Crippen LogP contribution in [0.5, 0.6) is 5.75 Å². The van der Waals surface area contributed by atoms with Crippen molar-refractivity contribution in [2.45, 2.75) is 67.9 Å². The molecule has 2 fully saturated rings. The molecule has 1 saturated heterocycles. The quantitative estimate of drug-likeness (QED) is 0.117. The predicted molar refractivity (Wildman–Crippen MR) is 149 cm³/mol. The number of hydrogen-bond acceptors (Lipinski definition) is 5. The molecule has 40 heavy (non-hydrogen) atoms. The first kappa shape index (κ1) is 30.9. The third kappa shape index (κ3) is 7.43. The molecule has 0 bridgehead atoms. The fourth-order valence-electron chi connectivity index (χ4n) is 5.59. The zero-order chi connectivity index (χ0) is 29.1. The molecular formula is C29H34F5IN2O3. The molecule has 220 valence electrons. The summed E-state index contributed by atoms with van der Waals surface area (Å²) in [7, 11) is 0. The van der Waals surface area contributed by atoms with Crippen LogP contribution in [0.4, 0.5) is 22.0 Å². The number of benzene rings is 1. The van der Waals surface area contributed by atoms with Crippen molar-refractivity contribution in [3.63, 3.8) is 0 Å². The lowest BCUT2D eigenvalue weighted by atomic mass is 9.78. The average molecular weight is 680 g/mol. The lowest BCUT2D eigenvalue weighted by Gasteiger charge is -2.34. The van der Waals surface area contributed by atoms with Crippen molar-refractivity contribution < 1.29 is 34.6 Å². The number of halogens is 6. The molecule has 1 aromatic carbocycles. The van der Waals surface area contributed by atoms with Crippen molar-refractivity contribution in [1.82, 2.24) is 9.88 Å². The van der Waals surface area contributed by atoms with Crippen LogP contribution in [0.15, 0.2) is 36.5 Å². The Labute approximate surface area is 241 Å². The first-order chi connectivity index (χ1) is 18.8. The summed E-state index contributed by atoms with van der Waals surface area (Å²) in [6.45, 7) is 3.29. The van der Waals surface area contributed by atoms with E-state index in [0.29, 0.717) is 37.2 Å². The molecule has 2 aliphatic rings. The Kier molecular flexibility index (Phi) is 9.64. The minimum absolute atomic E-state index is 0.0558. The highest BCUT2D eigenvalue weighted by atomic mass is 127. The third-order valence-corrected chi connectivity index (χ3v) is 10.1. The van der Waals surface area contributed by atoms with Crippen molar-refractivity contribution in [3.05, 3.63) is 47.7 Å². The van der Waals surface area contributed by atoms with E-state index in [9.17, 15) is 29.8 Å². The van der Waals surface area contributed by atoms with E-state index in [1.807, 2.05) is 38.1 Å². The Morgan fingerprint density at radius 2 is 1.85 bits per heavy atom. The number of carbonyl (C=O) groups is 1. The zero-order valence-corrected chi connectivity index (χ0v) is 24.7. The molecule has 5 nitrogen and oxygen atoms in total. The highest BCUT2D eigenvalue weighted by molar-refractivity contribution is 14.1. The molecule has 0 amide bonds. The van der Waals surface area contributed by atoms with Gasteiger partial charge in [-0.05, 0) is 88.7 Å². The van der Waals surface area contributed by atoms with E-state index in [1.165, 1.54) is 0 Å². The van der Waals surface area contributed by atoms with E-state index in [-0.39, 0.29) is 34.1 Å². The van der Waals surface area contributed by atoms with Crippen molar-refractivity contribution >= 4 is 27.0 Å². The molecule has 0 N–H and O–H groups in total. The number of aryl methyl sites for hydroxylation is 1. The SMILES string of the molecule is Cc1cc(C(=O)C2CCC[C@@](C)(I=O)C2)ccc1-c1ccc(OCC2CCN(CC(F)(F)C(F)(F)F)CC2)cn1. The maximum absolute atomic E-state index is 13.3. The smallest absolute Gasteiger partial charge is 0.454 e. The van der Waals surface area contributed by atoms with Gasteiger partial charge in [0.2, 0.25) is 0 Å². The molecule has 2 aromatic rings. The highest BCUT2D eigenvalue weighted by Crippen LogP contribution is 2.43. The van der Waals surface area contributed by atoms with Gasteiger partial charge in [0.05, 0.1) is 28.5 Å². The van der Waals surface area contributed by atoms with Crippen LogP contribution in [-0.4, -0.2) is 57.4 Å². The van der Waals surface area contributed by atoms with Crippen molar-refractivity contribution in [2.24, 2.45) is 11.8 Å². The first-order valence-corrected chi connectivity index (χ1v) is 15.5. The summed E-state index contributed by atoms with van der Waals surface area (Å²) in [4.78, 5) is 18.8. The number of nitrogens with zero attached hydrogens (tertiary/aromatic N) is 2. The van der Waals surface area contributed by atoms with Crippen molar-refractivity contribution in [2.75, 3.05) is 26.2 Å². The van der Waals surface area contributed by atoms with E-state index >= 15 is 0 Å². The summed E-state index contributed by atoms with van der Waals surface area (Å²) >= 11 is -1.16. The van der Waals surface area contributed by atoms with Gasteiger partial charge in [0, 0.05) is 17.0 Å². The summed E-state index contributed by atoms with van der Waals surface area (Å²) in [5.74, 6) is -4.11. The molecule has 11 heteroatoms. The van der Waals surface area contributed by atoms with Crippen LogP contribution in [0.1, 0.15) is 61.4 Å². The van der Waals surface area contributed by atoms with E-state index in [0.717, 1.165) is 41.0 Å². The number of hydrogen-bond donors (Lipinski definition) is 0. The van der Waals surface area contributed by atoms with Crippen LogP contribution in [0.2, 0.25) is 0 Å². The van der Waals surface area contributed by atoms with Crippen LogP contribution < -0.4 is 4.74 Å². The maximum Gasteiger partial charge on any atom is 0.454 e. The summed E-state index contributed by atoms with van der Waals surface area (Å²) in [6, 6.07) is 9.22. The fourth-order valence-corrected chi connectivity index (χ4v) is 6.90. The van der Waals surface area contributed by atoms with Gasteiger partial charge in [0.15, 0.2) is 27.0 Å². The van der Waals surface area contributed by atoms with Gasteiger partial charge in [-0.15, -0.1) is 0 Å². The summed E-state index contributed by atoms with van der Waals surface area (Å²) < 4.78 is 81.4. The van der Waals surface area contributed by atoms with Gasteiger partial charge in [0.1, 0.15) is 5.75 Å². The fraction of sp³-hybridized carbons (Fsp3) is 0.586. The average Bonchev–Trinajstić information content (AvgIpc) is 2.92. The van der Waals surface area contributed by atoms with Gasteiger partial charge in [-0.3, -0.25) is 17.7 Å². The van der Waals surface area contributed by atoms with Crippen LogP contribution in [0, 0.1) is 18.8 Å². The second kappa shape index (κ2) is 12.5. The topological polar surface area (TPSA) is 59.5 Å². The lowest BCUT2D eigenvalue weighted by Crippen LogP contribution is -2.49. The summed E-state index contributed by atoms with van der Waals surface area (Å²) in [6.07, 6.45) is 0.357. The van der Waals surface area contributed by atoms with Gasteiger partial charge in [-0.2, -0.15) is 22.0 Å². The second-order valence-electron chi connectivity index (χ2n) is 11.3. The second-order valence-corrected chi connectivity index (χ2v) is 14.3. The Hall–Kier alpha value is -2.02. The number of alkyl halides is 6. The Morgan fingerprint density at radius 1 is 1.12 bits per heavy atom. The van der Waals surface area contributed by atoms with Gasteiger partial charge in [-0.1, -0.05) is 18.6 Å². The lowest BCUT2D eigenvalue weighted by molar-refractivity contribution is -0.287. The molecule has 1 unspecified atom stereocenters. The molecule has 1 saturated carbocycles. The van der Waals surface area contributed by atoms with Crippen LogP contribution in [-0.2, 0) is 3.07 Å². The monoisotopic (exact) mass is 680 g/mol. The molecule has 4 rings (SSSR count). The standard InChI is InChI=1S/C29H34F5IN2O3/c1-19-14-21(26(38)22-4-3-11-27(2,15-22)35-39)5-7-24(19)25-8-6-23(16-36-25)40-17-20-9-12-37(13-10-20)18-28(30,31)29(32,33)34/h5-8,14,16,20,22H,3-4,9-13,15,17-18H2,1-2H3/t22?,27-/m1/s1. The molecule has 0 radical (unpaired) electrons. The number of ketones is 1. The summed E-state index contributed by atoms with van der Waals surface area (Å²) in [5, 5.41) is 0. The molecule has 2 heterocycles. The predicted octanol–water partition coefficient (Wildman–Crippen LogP) is 7.79. The summed E-state index contributed by atoms with van der Waals surface area (Å²) in [5.41, 5.74) is 3.20. The van der Waals surface area contributed by atoms with E-state index < -0.39 is 39.8 Å². The van der Waals surface area contributed by atoms with E-state index in [4.69, 9.17) is 4.74 Å². The van der Waals surface area contributed by atoms with Crippen molar-refractivity contribution in [3.8, 4) is 17.0 Å². The van der Waals surface area contributed by atoms with E-state index in [1.54, 1.807) is 12.3 Å². The minimum atomic E-state index is -5.54. The van der Waals surface area contributed by atoms with Crippen LogP contribution >= 0.6 is 21.2 Å². The number of likely N-dealkylation sites (tertiary alicyclic amines) is 1. The van der Waals surface area contributed by atoms with Crippen molar-refractivity contribution in [1.29, 1.82) is 0 Å². The Bertz CT molecular complexity index is 1200. The minimum Gasteiger partial charge on any atom is -0.492 e. The molecule has 1 aromatic heterocycles. The van der Waals surface area contributed by atoms with Gasteiger partial charge >= 0.3 is 12.1 Å². The number of carbonyl (C=O) groups excluding carboxylic acids is 1.